The van der Waals surface area contributed by atoms with Gasteiger partial charge in [0.2, 0.25) is 0 Å². The second-order valence-corrected chi connectivity index (χ2v) is 2.69. The van der Waals surface area contributed by atoms with Gasteiger partial charge in [0.25, 0.3) is 0 Å². The summed E-state index contributed by atoms with van der Waals surface area (Å²) in [6, 6.07) is 6.70. The number of hydrogen-bond acceptors (Lipinski definition) is 3. The molecular weight excluding hydrogens is 184 g/mol. The number of carbonyl (C=O) groups excluding carboxylic acids is 1. The van der Waals surface area contributed by atoms with Crippen LogP contribution in [0.4, 0.5) is 0 Å². The number of esters is 1. The molecule has 0 aliphatic rings. The van der Waals surface area contributed by atoms with E-state index < -0.39 is 11.9 Å². The van der Waals surface area contributed by atoms with Gasteiger partial charge in [0.05, 0.1) is 0 Å². The molecule has 4 nitrogen and oxygen atoms in total. The molecule has 0 saturated carbocycles. The molecule has 0 unspecified atom stereocenters. The lowest BCUT2D eigenvalue weighted by Gasteiger charge is -2.01. The highest BCUT2D eigenvalue weighted by atomic mass is 16.6. The molecule has 0 radical (unpaired) electrons. The molecule has 74 valence electrons. The maximum absolute atomic E-state index is 10.6. The van der Waals surface area contributed by atoms with E-state index in [1.54, 1.807) is 24.3 Å². The first-order valence-electron chi connectivity index (χ1n) is 4.17. The van der Waals surface area contributed by atoms with Gasteiger partial charge < -0.3 is 9.84 Å². The van der Waals surface area contributed by atoms with Gasteiger partial charge in [-0.15, -0.1) is 0 Å². The zero-order valence-electron chi connectivity index (χ0n) is 7.69. The number of hydrogen-bond donors (Lipinski definition) is 1. The molecule has 0 aliphatic heterocycles. The van der Waals surface area contributed by atoms with Crippen LogP contribution < -0.4 is 4.74 Å². The first kappa shape index (κ1) is 10.2. The fraction of sp³-hybridized carbons (Fsp3) is 0.200. The van der Waals surface area contributed by atoms with E-state index in [1.807, 2.05) is 6.92 Å². The van der Waals surface area contributed by atoms with E-state index in [4.69, 9.17) is 5.11 Å². The molecule has 14 heavy (non-hydrogen) atoms. The van der Waals surface area contributed by atoms with Crippen molar-refractivity contribution < 1.29 is 19.4 Å². The van der Waals surface area contributed by atoms with E-state index in [-0.39, 0.29) is 5.75 Å². The minimum absolute atomic E-state index is 0.245. The predicted octanol–water partition coefficient (Wildman–Crippen LogP) is 1.24. The standard InChI is InChI=1S/C10H10O4/c1-2-7-3-5-8(6-4-7)14-10(13)9(11)12/h3-6H,2H2,1H3,(H,11,12). The lowest BCUT2D eigenvalue weighted by atomic mass is 10.2. The van der Waals surface area contributed by atoms with Crippen molar-refractivity contribution in [3.63, 3.8) is 0 Å². The monoisotopic (exact) mass is 194 g/mol. The second-order valence-electron chi connectivity index (χ2n) is 2.69. The van der Waals surface area contributed by atoms with Gasteiger partial charge in [0.15, 0.2) is 0 Å². The molecule has 0 heterocycles. The van der Waals surface area contributed by atoms with Crippen LogP contribution >= 0.6 is 0 Å². The highest BCUT2D eigenvalue weighted by molar-refractivity contribution is 6.29. The number of ether oxygens (including phenoxy) is 1. The van der Waals surface area contributed by atoms with E-state index in [0.29, 0.717) is 0 Å². The summed E-state index contributed by atoms with van der Waals surface area (Å²) in [5.74, 6) is -2.62. The Labute approximate surface area is 81.1 Å². The maximum Gasteiger partial charge on any atom is 0.422 e. The Balaban J connectivity index is 2.69. The van der Waals surface area contributed by atoms with Crippen LogP contribution in [0.5, 0.6) is 5.75 Å². The van der Waals surface area contributed by atoms with Crippen LogP contribution in [0, 0.1) is 0 Å². The zero-order valence-corrected chi connectivity index (χ0v) is 7.69. The predicted molar refractivity (Wildman–Crippen MR) is 49.1 cm³/mol. The minimum atomic E-state index is -1.59. The number of benzene rings is 1. The van der Waals surface area contributed by atoms with Crippen LogP contribution in [0.1, 0.15) is 12.5 Å². The van der Waals surface area contributed by atoms with Gasteiger partial charge in [-0.3, -0.25) is 0 Å². The van der Waals surface area contributed by atoms with Crippen molar-refractivity contribution in [2.75, 3.05) is 0 Å². The van der Waals surface area contributed by atoms with Gasteiger partial charge in [-0.1, -0.05) is 19.1 Å². The van der Waals surface area contributed by atoms with Crippen LogP contribution in [0.15, 0.2) is 24.3 Å². The minimum Gasteiger partial charge on any atom is -0.473 e. The second kappa shape index (κ2) is 4.41. The van der Waals surface area contributed by atoms with Gasteiger partial charge in [-0.05, 0) is 24.1 Å². The summed E-state index contributed by atoms with van der Waals surface area (Å²) < 4.78 is 4.54. The number of carboxylic acids is 1. The summed E-state index contributed by atoms with van der Waals surface area (Å²) in [6.45, 7) is 2.00. The van der Waals surface area contributed by atoms with Crippen molar-refractivity contribution in [1.82, 2.24) is 0 Å². The van der Waals surface area contributed by atoms with E-state index >= 15 is 0 Å². The normalized spacial score (nSPS) is 9.50. The van der Waals surface area contributed by atoms with Gasteiger partial charge in [0.1, 0.15) is 5.75 Å². The maximum atomic E-state index is 10.6. The third-order valence-electron chi connectivity index (χ3n) is 1.72. The summed E-state index contributed by atoms with van der Waals surface area (Å²) in [5, 5.41) is 8.27. The smallest absolute Gasteiger partial charge is 0.422 e. The van der Waals surface area contributed by atoms with E-state index in [1.165, 1.54) is 0 Å². The van der Waals surface area contributed by atoms with E-state index in [2.05, 4.69) is 4.74 Å². The number of rotatable bonds is 2. The van der Waals surface area contributed by atoms with Crippen molar-refractivity contribution in [3.05, 3.63) is 29.8 Å². The average Bonchev–Trinajstić information content (AvgIpc) is 2.19. The van der Waals surface area contributed by atoms with Crippen molar-refractivity contribution in [3.8, 4) is 5.75 Å². The molecular formula is C10H10O4. The molecule has 0 bridgehead atoms. The summed E-state index contributed by atoms with van der Waals surface area (Å²) in [5.41, 5.74) is 1.10. The molecule has 1 rings (SSSR count). The quantitative estimate of drug-likeness (QED) is 0.437. The number of carboxylic acid groups (broad SMARTS) is 1. The highest BCUT2D eigenvalue weighted by Crippen LogP contribution is 2.12. The Hall–Kier alpha value is -1.84. The molecule has 0 fully saturated rings. The Morgan fingerprint density at radius 2 is 1.86 bits per heavy atom. The molecule has 0 aliphatic carbocycles. The van der Waals surface area contributed by atoms with Gasteiger partial charge in [-0.25, -0.2) is 9.59 Å². The molecule has 0 saturated heterocycles. The first-order chi connectivity index (χ1) is 6.63. The highest BCUT2D eigenvalue weighted by Gasteiger charge is 2.13. The van der Waals surface area contributed by atoms with Crippen LogP contribution in [0.3, 0.4) is 0 Å². The van der Waals surface area contributed by atoms with Gasteiger partial charge in [0, 0.05) is 0 Å². The number of aryl methyl sites for hydroxylation is 1. The fourth-order valence-electron chi connectivity index (χ4n) is 0.944. The molecule has 0 amide bonds. The Morgan fingerprint density at radius 1 is 1.29 bits per heavy atom. The Morgan fingerprint density at radius 3 is 2.29 bits per heavy atom. The zero-order chi connectivity index (χ0) is 10.6. The van der Waals surface area contributed by atoms with Crippen molar-refractivity contribution in [2.45, 2.75) is 13.3 Å². The molecule has 0 atom stereocenters. The molecule has 1 N–H and O–H groups in total. The molecule has 0 aromatic heterocycles. The third-order valence-corrected chi connectivity index (χ3v) is 1.72. The Kier molecular flexibility index (Phi) is 3.23. The van der Waals surface area contributed by atoms with Crippen molar-refractivity contribution in [2.24, 2.45) is 0 Å². The molecule has 4 heteroatoms. The van der Waals surface area contributed by atoms with Crippen molar-refractivity contribution >= 4 is 11.9 Å². The number of aliphatic carboxylic acids is 1. The third kappa shape index (κ3) is 2.58. The lowest BCUT2D eigenvalue weighted by molar-refractivity contribution is -0.158. The SMILES string of the molecule is CCc1ccc(OC(=O)C(=O)O)cc1. The summed E-state index contributed by atoms with van der Waals surface area (Å²) in [6.07, 6.45) is 0.882. The van der Waals surface area contributed by atoms with E-state index in [0.717, 1.165) is 12.0 Å². The summed E-state index contributed by atoms with van der Waals surface area (Å²) >= 11 is 0. The van der Waals surface area contributed by atoms with Gasteiger partial charge >= 0.3 is 11.9 Å². The largest absolute Gasteiger partial charge is 0.473 e. The molecule has 0 spiro atoms. The first-order valence-corrected chi connectivity index (χ1v) is 4.17. The van der Waals surface area contributed by atoms with Gasteiger partial charge in [-0.2, -0.15) is 0 Å². The van der Waals surface area contributed by atoms with E-state index in [9.17, 15) is 9.59 Å². The van der Waals surface area contributed by atoms with Crippen molar-refractivity contribution in [1.29, 1.82) is 0 Å². The lowest BCUT2D eigenvalue weighted by Crippen LogP contribution is -2.19. The summed E-state index contributed by atoms with van der Waals surface area (Å²) in [4.78, 5) is 20.8. The van der Waals surface area contributed by atoms with Crippen LogP contribution in [0.25, 0.3) is 0 Å². The topological polar surface area (TPSA) is 63.6 Å². The number of carbonyl (C=O) groups is 2. The van der Waals surface area contributed by atoms with Crippen LogP contribution in [-0.2, 0) is 16.0 Å². The average molecular weight is 194 g/mol. The summed E-state index contributed by atoms with van der Waals surface area (Å²) in [7, 11) is 0. The molecule has 1 aromatic carbocycles. The van der Waals surface area contributed by atoms with Crippen LogP contribution in [-0.4, -0.2) is 17.0 Å². The Bertz CT molecular complexity index is 340. The van der Waals surface area contributed by atoms with Crippen LogP contribution in [0.2, 0.25) is 0 Å². The fourth-order valence-corrected chi connectivity index (χ4v) is 0.944. The molecule has 1 aromatic rings.